The van der Waals surface area contributed by atoms with Crippen LogP contribution in [0.15, 0.2) is 0 Å². The van der Waals surface area contributed by atoms with Crippen molar-refractivity contribution in [2.75, 3.05) is 46.4 Å². The average molecular weight is 297 g/mol. The fraction of sp³-hybridized carbons (Fsp3) is 0.938. The van der Waals surface area contributed by atoms with Crippen LogP contribution in [0, 0.1) is 5.92 Å². The Hall–Kier alpha value is -0.650. The van der Waals surface area contributed by atoms with Gasteiger partial charge in [0.25, 0.3) is 0 Å². The van der Waals surface area contributed by atoms with Gasteiger partial charge >= 0.3 is 0 Å². The van der Waals surface area contributed by atoms with Crippen molar-refractivity contribution < 1.29 is 9.53 Å². The lowest BCUT2D eigenvalue weighted by atomic mass is 9.92. The van der Waals surface area contributed by atoms with Gasteiger partial charge in [-0.1, -0.05) is 13.8 Å². The second-order valence-electron chi connectivity index (χ2n) is 6.50. The maximum absolute atomic E-state index is 12.3. The van der Waals surface area contributed by atoms with Gasteiger partial charge in [0.05, 0.1) is 12.6 Å². The minimum Gasteiger partial charge on any atom is -0.377 e. The third kappa shape index (κ3) is 4.66. The Labute approximate surface area is 129 Å². The van der Waals surface area contributed by atoms with Crippen LogP contribution in [0.3, 0.4) is 0 Å². The minimum atomic E-state index is 0.204. The zero-order chi connectivity index (χ0) is 15.2. The molecule has 2 aliphatic rings. The van der Waals surface area contributed by atoms with E-state index in [4.69, 9.17) is 4.74 Å². The molecule has 1 amide bonds. The summed E-state index contributed by atoms with van der Waals surface area (Å²) in [7, 11) is 1.96. The molecule has 5 heteroatoms. The van der Waals surface area contributed by atoms with Crippen LogP contribution >= 0.6 is 0 Å². The Balaban J connectivity index is 1.71. The number of likely N-dealkylation sites (N-methyl/N-ethyl adjacent to an activating group) is 1. The number of likely N-dealkylation sites (tertiary alicyclic amines) is 1. The van der Waals surface area contributed by atoms with Crippen molar-refractivity contribution in [3.8, 4) is 0 Å². The molecule has 2 rings (SSSR count). The number of nitrogens with one attached hydrogen (secondary N) is 1. The highest BCUT2D eigenvalue weighted by Gasteiger charge is 2.30. The summed E-state index contributed by atoms with van der Waals surface area (Å²) in [6, 6.07) is 0.379. The molecule has 122 valence electrons. The second-order valence-corrected chi connectivity index (χ2v) is 6.50. The number of hydrogen-bond acceptors (Lipinski definition) is 4. The molecule has 3 atom stereocenters. The molecule has 0 saturated carbocycles. The Morgan fingerprint density at radius 2 is 2.24 bits per heavy atom. The molecule has 0 aromatic carbocycles. The maximum atomic E-state index is 12.3. The first kappa shape index (κ1) is 16.7. The summed E-state index contributed by atoms with van der Waals surface area (Å²) in [5.41, 5.74) is 0. The summed E-state index contributed by atoms with van der Waals surface area (Å²) in [6.45, 7) is 9.87. The topological polar surface area (TPSA) is 44.8 Å². The van der Waals surface area contributed by atoms with Crippen molar-refractivity contribution in [1.82, 2.24) is 15.1 Å². The zero-order valence-electron chi connectivity index (χ0n) is 13.8. The molecule has 0 aromatic heterocycles. The molecular formula is C16H31N3O2. The molecule has 2 saturated heterocycles. The van der Waals surface area contributed by atoms with Gasteiger partial charge in [-0.05, 0) is 31.7 Å². The number of piperidine rings is 1. The number of amides is 1. The highest BCUT2D eigenvalue weighted by molar-refractivity contribution is 5.78. The smallest absolute Gasteiger partial charge is 0.236 e. The fourth-order valence-electron chi connectivity index (χ4n) is 3.54. The quantitative estimate of drug-likeness (QED) is 0.793. The number of carbonyl (C=O) groups excluding carboxylic acids is 1. The van der Waals surface area contributed by atoms with Gasteiger partial charge in [-0.3, -0.25) is 4.79 Å². The van der Waals surface area contributed by atoms with Gasteiger partial charge in [-0.2, -0.15) is 0 Å². The highest BCUT2D eigenvalue weighted by atomic mass is 16.5. The van der Waals surface area contributed by atoms with Crippen LogP contribution in [-0.4, -0.2) is 74.2 Å². The average Bonchev–Trinajstić information content (AvgIpc) is 2.99. The Kier molecular flexibility index (Phi) is 6.45. The van der Waals surface area contributed by atoms with Gasteiger partial charge in [-0.25, -0.2) is 0 Å². The molecule has 1 N–H and O–H groups in total. The predicted molar refractivity (Wildman–Crippen MR) is 84.3 cm³/mol. The van der Waals surface area contributed by atoms with Crippen LogP contribution in [-0.2, 0) is 9.53 Å². The summed E-state index contributed by atoms with van der Waals surface area (Å²) < 4.78 is 5.56. The summed E-state index contributed by atoms with van der Waals surface area (Å²) >= 11 is 0. The first-order valence-electron chi connectivity index (χ1n) is 8.42. The van der Waals surface area contributed by atoms with E-state index in [-0.39, 0.29) is 5.91 Å². The lowest BCUT2D eigenvalue weighted by molar-refractivity contribution is -0.133. The van der Waals surface area contributed by atoms with Crippen LogP contribution in [0.25, 0.3) is 0 Å². The molecule has 21 heavy (non-hydrogen) atoms. The van der Waals surface area contributed by atoms with Crippen molar-refractivity contribution in [2.45, 2.75) is 45.3 Å². The molecular weight excluding hydrogens is 266 g/mol. The van der Waals surface area contributed by atoms with Gasteiger partial charge < -0.3 is 19.9 Å². The molecule has 0 unspecified atom stereocenters. The van der Waals surface area contributed by atoms with Crippen LogP contribution in [0.1, 0.15) is 33.1 Å². The molecule has 0 spiro atoms. The summed E-state index contributed by atoms with van der Waals surface area (Å²) in [5, 5.41) is 3.26. The third-order valence-corrected chi connectivity index (χ3v) is 4.95. The lowest BCUT2D eigenvalue weighted by Gasteiger charge is -2.41. The monoisotopic (exact) mass is 297 g/mol. The fourth-order valence-corrected chi connectivity index (χ4v) is 3.54. The second kappa shape index (κ2) is 8.11. The van der Waals surface area contributed by atoms with E-state index in [1.54, 1.807) is 0 Å². The van der Waals surface area contributed by atoms with Crippen LogP contribution in [0.4, 0.5) is 0 Å². The molecule has 2 fully saturated rings. The number of rotatable bonds is 6. The molecule has 5 nitrogen and oxygen atoms in total. The standard InChI is InChI=1S/C16H31N3O2/c1-4-19-8-7-15(13(2)12-19)18(3)16(20)11-17-10-14-6-5-9-21-14/h13-15,17H,4-12H2,1-3H3/t13-,14-,15-/m0/s1. The van der Waals surface area contributed by atoms with E-state index in [2.05, 4.69) is 24.1 Å². The largest absolute Gasteiger partial charge is 0.377 e. The minimum absolute atomic E-state index is 0.204. The van der Waals surface area contributed by atoms with Crippen molar-refractivity contribution in [2.24, 2.45) is 5.92 Å². The van der Waals surface area contributed by atoms with E-state index in [0.717, 1.165) is 52.0 Å². The number of ether oxygens (including phenoxy) is 1. The van der Waals surface area contributed by atoms with Crippen molar-refractivity contribution in [3.05, 3.63) is 0 Å². The summed E-state index contributed by atoms with van der Waals surface area (Å²) in [5.74, 6) is 0.751. The number of hydrogen-bond donors (Lipinski definition) is 1. The maximum Gasteiger partial charge on any atom is 0.236 e. The normalized spacial score (nSPS) is 30.5. The number of nitrogens with zero attached hydrogens (tertiary/aromatic N) is 2. The summed E-state index contributed by atoms with van der Waals surface area (Å²) in [4.78, 5) is 16.7. The molecule has 2 aliphatic heterocycles. The van der Waals surface area contributed by atoms with E-state index >= 15 is 0 Å². The molecule has 2 heterocycles. The van der Waals surface area contributed by atoms with Crippen molar-refractivity contribution in [1.29, 1.82) is 0 Å². The Morgan fingerprint density at radius 1 is 1.43 bits per heavy atom. The van der Waals surface area contributed by atoms with E-state index in [1.165, 1.54) is 0 Å². The van der Waals surface area contributed by atoms with Crippen molar-refractivity contribution >= 4 is 5.91 Å². The van der Waals surface area contributed by atoms with Gasteiger partial charge in [0, 0.05) is 39.3 Å². The van der Waals surface area contributed by atoms with Gasteiger partial charge in [-0.15, -0.1) is 0 Å². The van der Waals surface area contributed by atoms with Gasteiger partial charge in [0.1, 0.15) is 0 Å². The van der Waals surface area contributed by atoms with Crippen LogP contribution in [0.5, 0.6) is 0 Å². The summed E-state index contributed by atoms with van der Waals surface area (Å²) in [6.07, 6.45) is 3.65. The van der Waals surface area contributed by atoms with Crippen molar-refractivity contribution in [3.63, 3.8) is 0 Å². The van der Waals surface area contributed by atoms with E-state index in [9.17, 15) is 4.79 Å². The SMILES string of the molecule is CCN1CC[C@H](N(C)C(=O)CNC[C@@H]2CCCO2)[C@@H](C)C1. The van der Waals surface area contributed by atoms with Gasteiger partial charge in [0.15, 0.2) is 0 Å². The molecule has 0 radical (unpaired) electrons. The van der Waals surface area contributed by atoms with E-state index in [1.807, 2.05) is 11.9 Å². The van der Waals surface area contributed by atoms with E-state index < -0.39 is 0 Å². The molecule has 0 aromatic rings. The van der Waals surface area contributed by atoms with Gasteiger partial charge in [0.2, 0.25) is 5.91 Å². The highest BCUT2D eigenvalue weighted by Crippen LogP contribution is 2.21. The van der Waals surface area contributed by atoms with Crippen LogP contribution in [0.2, 0.25) is 0 Å². The molecule has 0 bridgehead atoms. The number of carbonyl (C=O) groups is 1. The first-order chi connectivity index (χ1) is 10.1. The molecule has 0 aliphatic carbocycles. The third-order valence-electron chi connectivity index (χ3n) is 4.95. The zero-order valence-corrected chi connectivity index (χ0v) is 13.8. The van der Waals surface area contributed by atoms with E-state index in [0.29, 0.717) is 24.6 Å². The Bertz CT molecular complexity index is 331. The van der Waals surface area contributed by atoms with Crippen LogP contribution < -0.4 is 5.32 Å². The lowest BCUT2D eigenvalue weighted by Crippen LogP contribution is -2.52. The predicted octanol–water partition coefficient (Wildman–Crippen LogP) is 0.944. The first-order valence-corrected chi connectivity index (χ1v) is 8.42. The Morgan fingerprint density at radius 3 is 2.86 bits per heavy atom.